The van der Waals surface area contributed by atoms with Gasteiger partial charge in [0.05, 0.1) is 28.5 Å². The van der Waals surface area contributed by atoms with Crippen LogP contribution in [0.15, 0.2) is 48.7 Å². The molecule has 8 heteroatoms. The van der Waals surface area contributed by atoms with Crippen molar-refractivity contribution in [3.05, 3.63) is 76.3 Å². The summed E-state index contributed by atoms with van der Waals surface area (Å²) >= 11 is 12.4. The number of carbonyl (C=O) groups is 1. The molecule has 0 spiro atoms. The number of aryl methyl sites for hydroxylation is 1. The fourth-order valence-electron chi connectivity index (χ4n) is 4.60. The molecule has 0 bridgehead atoms. The molecule has 4 rings (SSSR count). The standard InChI is InChI=1S/C26H30ClN5OS/c1-6-31-16(4)13-19(17(31)5)24-23(22-9-7-8-12-28-22)30-26(34)32(24)18-10-11-21(20(27)14-18)29-25(33)15(2)3/h7-15,23-24H,6H2,1-5H3,(H,29,33)(H,30,34). The lowest BCUT2D eigenvalue weighted by molar-refractivity contribution is -0.118. The van der Waals surface area contributed by atoms with Crippen LogP contribution in [0, 0.1) is 19.8 Å². The SMILES string of the molecule is CCn1c(C)cc(C2C(c3ccccn3)NC(=S)N2c2ccc(NC(=O)C(C)C)c(Cl)c2)c1C. The lowest BCUT2D eigenvalue weighted by Crippen LogP contribution is -2.29. The van der Waals surface area contributed by atoms with Crippen molar-refractivity contribution in [1.82, 2.24) is 14.9 Å². The van der Waals surface area contributed by atoms with Crippen molar-refractivity contribution >= 4 is 46.2 Å². The fourth-order valence-corrected chi connectivity index (χ4v) is 5.16. The molecule has 1 amide bonds. The van der Waals surface area contributed by atoms with Gasteiger partial charge in [0.15, 0.2) is 5.11 Å². The zero-order valence-corrected chi connectivity index (χ0v) is 21.7. The van der Waals surface area contributed by atoms with E-state index in [0.29, 0.717) is 15.8 Å². The summed E-state index contributed by atoms with van der Waals surface area (Å²) in [6, 6.07) is 13.6. The molecule has 6 nitrogen and oxygen atoms in total. The van der Waals surface area contributed by atoms with Crippen molar-refractivity contribution in [1.29, 1.82) is 0 Å². The van der Waals surface area contributed by atoms with E-state index in [1.54, 1.807) is 6.20 Å². The van der Waals surface area contributed by atoms with Gasteiger partial charge in [-0.1, -0.05) is 31.5 Å². The lowest BCUT2D eigenvalue weighted by Gasteiger charge is -2.28. The number of hydrogen-bond acceptors (Lipinski definition) is 3. The molecular formula is C26H30ClN5OS. The number of halogens is 1. The topological polar surface area (TPSA) is 62.2 Å². The van der Waals surface area contributed by atoms with E-state index in [-0.39, 0.29) is 23.9 Å². The molecule has 1 fully saturated rings. The van der Waals surface area contributed by atoms with Gasteiger partial charge in [0.25, 0.3) is 0 Å². The van der Waals surface area contributed by atoms with E-state index in [1.807, 2.05) is 50.2 Å². The second kappa shape index (κ2) is 9.76. The highest BCUT2D eigenvalue weighted by Gasteiger charge is 2.42. The monoisotopic (exact) mass is 495 g/mol. The summed E-state index contributed by atoms with van der Waals surface area (Å²) in [5.74, 6) is -0.212. The van der Waals surface area contributed by atoms with Crippen molar-refractivity contribution in [3.8, 4) is 0 Å². The molecule has 3 aromatic rings. The van der Waals surface area contributed by atoms with E-state index in [9.17, 15) is 4.79 Å². The average molecular weight is 496 g/mol. The second-order valence-electron chi connectivity index (χ2n) is 8.88. The molecule has 178 valence electrons. The van der Waals surface area contributed by atoms with Crippen LogP contribution < -0.4 is 15.5 Å². The zero-order chi connectivity index (χ0) is 24.6. The molecule has 2 atom stereocenters. The minimum atomic E-state index is -0.136. The van der Waals surface area contributed by atoms with E-state index in [1.165, 1.54) is 17.0 Å². The Morgan fingerprint density at radius 2 is 2.00 bits per heavy atom. The third-order valence-electron chi connectivity index (χ3n) is 6.36. The van der Waals surface area contributed by atoms with Gasteiger partial charge in [0.1, 0.15) is 0 Å². The number of hydrogen-bond donors (Lipinski definition) is 2. The smallest absolute Gasteiger partial charge is 0.226 e. The van der Waals surface area contributed by atoms with Crippen LogP contribution in [-0.4, -0.2) is 20.6 Å². The Morgan fingerprint density at radius 1 is 1.24 bits per heavy atom. The minimum absolute atomic E-state index is 0.0758. The summed E-state index contributed by atoms with van der Waals surface area (Å²) in [7, 11) is 0. The van der Waals surface area contributed by atoms with E-state index >= 15 is 0 Å². The van der Waals surface area contributed by atoms with Crippen molar-refractivity contribution in [2.75, 3.05) is 10.2 Å². The summed E-state index contributed by atoms with van der Waals surface area (Å²) in [4.78, 5) is 18.9. The molecule has 2 N–H and O–H groups in total. The third-order valence-corrected chi connectivity index (χ3v) is 6.99. The van der Waals surface area contributed by atoms with Crippen molar-refractivity contribution in [2.24, 2.45) is 5.92 Å². The van der Waals surface area contributed by atoms with Crippen molar-refractivity contribution in [3.63, 3.8) is 0 Å². The number of nitrogens with one attached hydrogen (secondary N) is 2. The molecule has 0 aliphatic carbocycles. The molecule has 3 heterocycles. The maximum absolute atomic E-state index is 12.2. The molecule has 1 aliphatic rings. The largest absolute Gasteiger partial charge is 0.351 e. The average Bonchev–Trinajstić information content (AvgIpc) is 3.30. The Balaban J connectivity index is 1.80. The molecule has 34 heavy (non-hydrogen) atoms. The molecule has 0 saturated carbocycles. The Labute approximate surface area is 211 Å². The van der Waals surface area contributed by atoms with E-state index in [2.05, 4.69) is 51.9 Å². The Bertz CT molecular complexity index is 1220. The van der Waals surface area contributed by atoms with Crippen molar-refractivity contribution < 1.29 is 4.79 Å². The quantitative estimate of drug-likeness (QED) is 0.414. The summed E-state index contributed by atoms with van der Waals surface area (Å²) in [6.07, 6.45) is 1.80. The summed E-state index contributed by atoms with van der Waals surface area (Å²) in [6.45, 7) is 11.0. The van der Waals surface area contributed by atoms with E-state index in [0.717, 1.165) is 17.9 Å². The Morgan fingerprint density at radius 3 is 2.59 bits per heavy atom. The zero-order valence-electron chi connectivity index (χ0n) is 20.1. The number of rotatable bonds is 6. The number of nitrogens with zero attached hydrogens (tertiary/aromatic N) is 3. The lowest BCUT2D eigenvalue weighted by atomic mass is 9.96. The van der Waals surface area contributed by atoms with Gasteiger partial charge in [0.2, 0.25) is 5.91 Å². The van der Waals surface area contributed by atoms with Crippen LogP contribution >= 0.6 is 23.8 Å². The van der Waals surface area contributed by atoms with Gasteiger partial charge in [-0.2, -0.15) is 0 Å². The van der Waals surface area contributed by atoms with Crippen LogP contribution in [0.2, 0.25) is 5.02 Å². The number of aromatic nitrogens is 2. The molecule has 1 saturated heterocycles. The number of thiocarbonyl (C=S) groups is 1. The molecule has 1 aliphatic heterocycles. The highest BCUT2D eigenvalue weighted by atomic mass is 35.5. The number of amides is 1. The summed E-state index contributed by atoms with van der Waals surface area (Å²) in [5.41, 5.74) is 5.96. The molecule has 1 aromatic carbocycles. The predicted molar refractivity (Wildman–Crippen MR) is 142 cm³/mol. The van der Waals surface area contributed by atoms with Gasteiger partial charge in [-0.05, 0) is 75.0 Å². The van der Waals surface area contributed by atoms with E-state index < -0.39 is 0 Å². The highest BCUT2D eigenvalue weighted by Crippen LogP contribution is 2.44. The summed E-state index contributed by atoms with van der Waals surface area (Å²) < 4.78 is 2.31. The Kier molecular flexibility index (Phi) is 6.96. The highest BCUT2D eigenvalue weighted by molar-refractivity contribution is 7.80. The number of carbonyl (C=O) groups excluding carboxylic acids is 1. The van der Waals surface area contributed by atoms with Gasteiger partial charge >= 0.3 is 0 Å². The first kappa shape index (κ1) is 24.2. The summed E-state index contributed by atoms with van der Waals surface area (Å²) in [5, 5.41) is 7.46. The number of pyridine rings is 1. The van der Waals surface area contributed by atoms with Gasteiger partial charge < -0.3 is 20.1 Å². The van der Waals surface area contributed by atoms with Crippen LogP contribution in [0.4, 0.5) is 11.4 Å². The van der Waals surface area contributed by atoms with Gasteiger partial charge in [-0.25, -0.2) is 0 Å². The number of benzene rings is 1. The van der Waals surface area contributed by atoms with Crippen LogP contribution in [-0.2, 0) is 11.3 Å². The fraction of sp³-hybridized carbons (Fsp3) is 0.346. The van der Waals surface area contributed by atoms with Gasteiger partial charge in [-0.15, -0.1) is 0 Å². The second-order valence-corrected chi connectivity index (χ2v) is 9.67. The minimum Gasteiger partial charge on any atom is -0.351 e. The first-order chi connectivity index (χ1) is 16.2. The van der Waals surface area contributed by atoms with Crippen LogP contribution in [0.3, 0.4) is 0 Å². The van der Waals surface area contributed by atoms with Crippen LogP contribution in [0.25, 0.3) is 0 Å². The van der Waals surface area contributed by atoms with Gasteiger partial charge in [0, 0.05) is 35.7 Å². The normalized spacial score (nSPS) is 17.9. The van der Waals surface area contributed by atoms with Crippen molar-refractivity contribution in [2.45, 2.75) is 53.2 Å². The molecule has 0 radical (unpaired) electrons. The number of anilines is 2. The maximum Gasteiger partial charge on any atom is 0.226 e. The molecule has 2 aromatic heterocycles. The van der Waals surface area contributed by atoms with Crippen LogP contribution in [0.5, 0.6) is 0 Å². The third kappa shape index (κ3) is 4.42. The first-order valence-corrected chi connectivity index (χ1v) is 12.3. The molecular weight excluding hydrogens is 466 g/mol. The first-order valence-electron chi connectivity index (χ1n) is 11.5. The van der Waals surface area contributed by atoms with E-state index in [4.69, 9.17) is 23.8 Å². The molecule has 2 unspecified atom stereocenters. The Hall–Kier alpha value is -2.90. The maximum atomic E-state index is 12.2. The predicted octanol–water partition coefficient (Wildman–Crippen LogP) is 5.94. The van der Waals surface area contributed by atoms with Gasteiger partial charge in [-0.3, -0.25) is 9.78 Å². The van der Waals surface area contributed by atoms with Crippen LogP contribution in [0.1, 0.15) is 55.5 Å².